The molecule has 0 aliphatic carbocycles. The van der Waals surface area contributed by atoms with Crippen LogP contribution in [0.15, 0.2) is 60.7 Å². The third-order valence-electron chi connectivity index (χ3n) is 4.32. The van der Waals surface area contributed by atoms with Crippen LogP contribution in [0.25, 0.3) is 32.6 Å². The zero-order valence-electron chi connectivity index (χ0n) is 13.2. The average Bonchev–Trinajstić information content (AvgIpc) is 2.51. The number of hydrogen-bond donors (Lipinski definition) is 0. The lowest BCUT2D eigenvalue weighted by Crippen LogP contribution is -2.13. The van der Waals surface area contributed by atoms with Crippen LogP contribution in [0, 0.1) is 0 Å². The minimum atomic E-state index is 0.0604. The lowest BCUT2D eigenvalue weighted by atomic mass is 9.81. The molecule has 4 rings (SSSR count). The van der Waals surface area contributed by atoms with Crippen molar-refractivity contribution in [3.05, 3.63) is 66.2 Å². The summed E-state index contributed by atoms with van der Waals surface area (Å²) < 4.78 is 0. The first kappa shape index (κ1) is 13.3. The summed E-state index contributed by atoms with van der Waals surface area (Å²) in [6.07, 6.45) is 0. The number of aromatic nitrogens is 1. The largest absolute Gasteiger partial charge is 0.248 e. The maximum Gasteiger partial charge on any atom is 0.0719 e. The summed E-state index contributed by atoms with van der Waals surface area (Å²) in [5.41, 5.74) is 3.62. The maximum atomic E-state index is 4.90. The lowest BCUT2D eigenvalue weighted by Gasteiger charge is -2.24. The molecular formula is C21H19N. The first-order valence-corrected chi connectivity index (χ1v) is 7.76. The van der Waals surface area contributed by atoms with Crippen LogP contribution in [-0.2, 0) is 5.41 Å². The van der Waals surface area contributed by atoms with E-state index < -0.39 is 0 Å². The maximum absolute atomic E-state index is 4.90. The van der Waals surface area contributed by atoms with E-state index in [1.807, 2.05) is 0 Å². The summed E-state index contributed by atoms with van der Waals surface area (Å²) in [4.78, 5) is 4.90. The van der Waals surface area contributed by atoms with E-state index in [1.165, 1.54) is 27.1 Å². The Bertz CT molecular complexity index is 1010. The fourth-order valence-corrected chi connectivity index (χ4v) is 3.44. The van der Waals surface area contributed by atoms with Crippen LogP contribution in [0.5, 0.6) is 0 Å². The summed E-state index contributed by atoms with van der Waals surface area (Å²) in [7, 11) is 0. The number of rotatable bonds is 0. The second-order valence-corrected chi connectivity index (χ2v) is 6.93. The fourth-order valence-electron chi connectivity index (χ4n) is 3.44. The number of pyridine rings is 1. The quantitative estimate of drug-likeness (QED) is 0.292. The lowest BCUT2D eigenvalue weighted by molar-refractivity contribution is 0.601. The third-order valence-corrected chi connectivity index (χ3v) is 4.32. The molecule has 0 aliphatic heterocycles. The van der Waals surface area contributed by atoms with Gasteiger partial charge < -0.3 is 0 Å². The predicted molar refractivity (Wildman–Crippen MR) is 95.5 cm³/mol. The van der Waals surface area contributed by atoms with Gasteiger partial charge >= 0.3 is 0 Å². The Morgan fingerprint density at radius 2 is 1.36 bits per heavy atom. The van der Waals surface area contributed by atoms with Crippen LogP contribution >= 0.6 is 0 Å². The molecule has 1 heterocycles. The van der Waals surface area contributed by atoms with Gasteiger partial charge in [0.15, 0.2) is 0 Å². The van der Waals surface area contributed by atoms with Crippen molar-refractivity contribution in [3.63, 3.8) is 0 Å². The predicted octanol–water partition coefficient (Wildman–Crippen LogP) is 5.84. The Morgan fingerprint density at radius 3 is 2.14 bits per heavy atom. The number of nitrogens with zero attached hydrogens (tertiary/aromatic N) is 1. The molecule has 0 radical (unpaired) electrons. The minimum Gasteiger partial charge on any atom is -0.248 e. The molecule has 0 fully saturated rings. The second kappa shape index (κ2) is 4.54. The van der Waals surface area contributed by atoms with Crippen LogP contribution in [-0.4, -0.2) is 4.98 Å². The molecule has 0 spiro atoms. The third kappa shape index (κ3) is 1.89. The molecule has 1 aromatic heterocycles. The zero-order valence-corrected chi connectivity index (χ0v) is 13.2. The number of benzene rings is 3. The molecule has 0 amide bonds. The van der Waals surface area contributed by atoms with Crippen LogP contribution in [0.4, 0.5) is 0 Å². The summed E-state index contributed by atoms with van der Waals surface area (Å²) >= 11 is 0. The summed E-state index contributed by atoms with van der Waals surface area (Å²) in [5.74, 6) is 0. The van der Waals surface area contributed by atoms with E-state index >= 15 is 0 Å². The number of fused-ring (bicyclic) bond motifs is 4. The Hall–Kier alpha value is -2.41. The molecular weight excluding hydrogens is 266 g/mol. The van der Waals surface area contributed by atoms with Gasteiger partial charge in [0, 0.05) is 10.8 Å². The van der Waals surface area contributed by atoms with E-state index in [4.69, 9.17) is 4.98 Å². The highest BCUT2D eigenvalue weighted by Gasteiger charge is 2.22. The molecule has 0 unspecified atom stereocenters. The molecule has 0 bridgehead atoms. The Kier molecular flexibility index (Phi) is 2.74. The summed E-state index contributed by atoms with van der Waals surface area (Å²) in [6, 6.07) is 21.4. The highest BCUT2D eigenvalue weighted by molar-refractivity contribution is 6.12. The van der Waals surface area contributed by atoms with Gasteiger partial charge in [-0.15, -0.1) is 0 Å². The second-order valence-electron chi connectivity index (χ2n) is 6.93. The van der Waals surface area contributed by atoms with E-state index in [0.29, 0.717) is 0 Å². The van der Waals surface area contributed by atoms with E-state index in [2.05, 4.69) is 81.4 Å². The molecule has 4 aromatic rings. The van der Waals surface area contributed by atoms with Gasteiger partial charge in [0.05, 0.1) is 11.0 Å². The monoisotopic (exact) mass is 285 g/mol. The van der Waals surface area contributed by atoms with Crippen LogP contribution in [0.3, 0.4) is 0 Å². The van der Waals surface area contributed by atoms with Gasteiger partial charge in [-0.2, -0.15) is 0 Å². The molecule has 108 valence electrons. The molecule has 1 nitrogen and oxygen atoms in total. The molecule has 0 saturated carbocycles. The molecule has 0 atom stereocenters. The highest BCUT2D eigenvalue weighted by Crippen LogP contribution is 2.38. The summed E-state index contributed by atoms with van der Waals surface area (Å²) in [5, 5.41) is 5.13. The Balaban J connectivity index is 2.35. The van der Waals surface area contributed by atoms with Crippen LogP contribution < -0.4 is 0 Å². The highest BCUT2D eigenvalue weighted by atomic mass is 14.7. The van der Waals surface area contributed by atoms with E-state index in [-0.39, 0.29) is 5.41 Å². The van der Waals surface area contributed by atoms with Crippen molar-refractivity contribution in [1.82, 2.24) is 4.98 Å². The van der Waals surface area contributed by atoms with Crippen molar-refractivity contribution < 1.29 is 0 Å². The average molecular weight is 285 g/mol. The number of para-hydroxylation sites is 1. The van der Waals surface area contributed by atoms with Gasteiger partial charge in [0.25, 0.3) is 0 Å². The number of hydrogen-bond acceptors (Lipinski definition) is 1. The molecule has 1 heteroatoms. The van der Waals surface area contributed by atoms with E-state index in [9.17, 15) is 0 Å². The van der Waals surface area contributed by atoms with Crippen molar-refractivity contribution in [1.29, 1.82) is 0 Å². The molecule has 0 aliphatic rings. The van der Waals surface area contributed by atoms with Crippen molar-refractivity contribution in [2.45, 2.75) is 26.2 Å². The molecule has 0 N–H and O–H groups in total. The van der Waals surface area contributed by atoms with Crippen molar-refractivity contribution >= 4 is 32.6 Å². The van der Waals surface area contributed by atoms with Gasteiger partial charge in [-0.05, 0) is 33.9 Å². The van der Waals surface area contributed by atoms with Gasteiger partial charge in [-0.25, -0.2) is 4.98 Å². The van der Waals surface area contributed by atoms with Crippen molar-refractivity contribution in [3.8, 4) is 0 Å². The topological polar surface area (TPSA) is 12.9 Å². The first-order valence-electron chi connectivity index (χ1n) is 7.76. The van der Waals surface area contributed by atoms with Gasteiger partial charge in [-0.1, -0.05) is 69.3 Å². The van der Waals surface area contributed by atoms with Crippen LogP contribution in [0.1, 0.15) is 26.3 Å². The fraction of sp³-hybridized carbons (Fsp3) is 0.190. The van der Waals surface area contributed by atoms with Gasteiger partial charge in [-0.3, -0.25) is 0 Å². The summed E-state index contributed by atoms with van der Waals surface area (Å²) in [6.45, 7) is 6.86. The van der Waals surface area contributed by atoms with E-state index in [1.54, 1.807) is 0 Å². The normalized spacial score (nSPS) is 12.3. The van der Waals surface area contributed by atoms with Crippen LogP contribution in [0.2, 0.25) is 0 Å². The Labute approximate surface area is 130 Å². The SMILES string of the molecule is CC(C)(C)c1c2ccccc2nc2ccc3ccccc3c12. The van der Waals surface area contributed by atoms with Gasteiger partial charge in [0.1, 0.15) is 0 Å². The standard InChI is InChI=1S/C21H19N/c1-21(2,3)20-16-10-6-7-11-17(16)22-18-13-12-14-8-4-5-9-15(14)19(18)20/h4-13H,1-3H3. The minimum absolute atomic E-state index is 0.0604. The smallest absolute Gasteiger partial charge is 0.0719 e. The zero-order chi connectivity index (χ0) is 15.3. The Morgan fingerprint density at radius 1 is 0.682 bits per heavy atom. The van der Waals surface area contributed by atoms with Crippen molar-refractivity contribution in [2.75, 3.05) is 0 Å². The van der Waals surface area contributed by atoms with E-state index in [0.717, 1.165) is 11.0 Å². The molecule has 0 saturated heterocycles. The van der Waals surface area contributed by atoms with Crippen molar-refractivity contribution in [2.24, 2.45) is 0 Å². The van der Waals surface area contributed by atoms with Gasteiger partial charge in [0.2, 0.25) is 0 Å². The first-order chi connectivity index (χ1) is 10.6. The molecule has 3 aromatic carbocycles. The molecule has 22 heavy (non-hydrogen) atoms.